The minimum atomic E-state index is -1.53. The van der Waals surface area contributed by atoms with Gasteiger partial charge in [0, 0.05) is 29.4 Å². The van der Waals surface area contributed by atoms with Crippen LogP contribution in [0.3, 0.4) is 0 Å². The Hall–Kier alpha value is -3.16. The summed E-state index contributed by atoms with van der Waals surface area (Å²) in [6, 6.07) is 6.84. The van der Waals surface area contributed by atoms with Crippen molar-refractivity contribution in [3.05, 3.63) is 63.7 Å². The maximum atomic E-state index is 12.5. The van der Waals surface area contributed by atoms with Crippen LogP contribution in [-0.2, 0) is 19.1 Å². The number of nitro groups is 1. The second-order valence-electron chi connectivity index (χ2n) is 6.51. The first-order valence-corrected chi connectivity index (χ1v) is 9.38. The summed E-state index contributed by atoms with van der Waals surface area (Å²) in [6.07, 6.45) is 4.14. The highest BCUT2D eigenvalue weighted by Gasteiger charge is 2.56. The van der Waals surface area contributed by atoms with Gasteiger partial charge < -0.3 is 14.2 Å². The Morgan fingerprint density at radius 1 is 1.28 bits per heavy atom. The molecule has 0 saturated carbocycles. The van der Waals surface area contributed by atoms with E-state index in [-0.39, 0.29) is 36.6 Å². The minimum absolute atomic E-state index is 0.0309. The molecule has 0 fully saturated rings. The fourth-order valence-electron chi connectivity index (χ4n) is 3.54. The normalized spacial score (nSPS) is 20.9. The van der Waals surface area contributed by atoms with Crippen molar-refractivity contribution >= 4 is 11.9 Å². The molecule has 8 heteroatoms. The Labute approximate surface area is 169 Å². The SMILES string of the molecule is CCOC(=O)/C=C\C[C@@]1([N+](=O)[O-])CC=C(C(=O)OCC)[C@H]1c1cccc(OC)c1. The molecular formula is C21H25NO7. The molecule has 0 bridgehead atoms. The molecule has 1 aromatic carbocycles. The van der Waals surface area contributed by atoms with E-state index in [1.165, 1.54) is 19.3 Å². The second kappa shape index (κ2) is 9.86. The van der Waals surface area contributed by atoms with Crippen LogP contribution in [0, 0.1) is 10.1 Å². The lowest BCUT2D eigenvalue weighted by Gasteiger charge is -2.28. The lowest BCUT2D eigenvalue weighted by Crippen LogP contribution is -2.42. The van der Waals surface area contributed by atoms with Crippen molar-refractivity contribution in [2.24, 2.45) is 0 Å². The second-order valence-corrected chi connectivity index (χ2v) is 6.51. The van der Waals surface area contributed by atoms with Gasteiger partial charge in [0.05, 0.1) is 26.2 Å². The van der Waals surface area contributed by atoms with E-state index < -0.39 is 23.4 Å². The Kier molecular flexibility index (Phi) is 7.52. The molecule has 2 rings (SSSR count). The zero-order valence-corrected chi connectivity index (χ0v) is 16.8. The highest BCUT2D eigenvalue weighted by atomic mass is 16.6. The van der Waals surface area contributed by atoms with Crippen molar-refractivity contribution in [1.29, 1.82) is 0 Å². The third-order valence-corrected chi connectivity index (χ3v) is 4.84. The Morgan fingerprint density at radius 2 is 2.00 bits per heavy atom. The fraction of sp³-hybridized carbons (Fsp3) is 0.429. The first kappa shape index (κ1) is 22.1. The summed E-state index contributed by atoms with van der Waals surface area (Å²) in [5.74, 6) is -1.48. The molecule has 0 heterocycles. The number of hydrogen-bond acceptors (Lipinski definition) is 7. The molecule has 1 aliphatic carbocycles. The van der Waals surface area contributed by atoms with Gasteiger partial charge in [0.15, 0.2) is 0 Å². The van der Waals surface area contributed by atoms with Crippen LogP contribution in [-0.4, -0.2) is 42.7 Å². The van der Waals surface area contributed by atoms with Gasteiger partial charge in [-0.25, -0.2) is 9.59 Å². The number of nitrogens with zero attached hydrogens (tertiary/aromatic N) is 1. The van der Waals surface area contributed by atoms with Crippen molar-refractivity contribution in [3.63, 3.8) is 0 Å². The predicted molar refractivity (Wildman–Crippen MR) is 105 cm³/mol. The number of carbonyl (C=O) groups excluding carboxylic acids is 2. The van der Waals surface area contributed by atoms with Crippen LogP contribution >= 0.6 is 0 Å². The topological polar surface area (TPSA) is 105 Å². The molecule has 0 spiro atoms. The zero-order valence-electron chi connectivity index (χ0n) is 16.8. The van der Waals surface area contributed by atoms with Gasteiger partial charge in [-0.1, -0.05) is 24.3 Å². The standard InChI is InChI=1S/C21H25NO7/c1-4-28-18(23)10-7-12-21(22(25)26)13-11-17(20(24)29-5-2)19(21)15-8-6-9-16(14-15)27-3/h6-11,14,19H,4-5,12-13H2,1-3H3/b10-7-/t19-,21-/m1/s1. The number of methoxy groups -OCH3 is 1. The number of esters is 2. The van der Waals surface area contributed by atoms with Gasteiger partial charge in [-0.05, 0) is 31.5 Å². The molecule has 1 aliphatic rings. The van der Waals surface area contributed by atoms with E-state index in [4.69, 9.17) is 14.2 Å². The molecule has 0 N–H and O–H groups in total. The van der Waals surface area contributed by atoms with Crippen LogP contribution in [0.1, 0.15) is 38.2 Å². The molecule has 0 saturated heterocycles. The van der Waals surface area contributed by atoms with Gasteiger partial charge in [0.25, 0.3) is 0 Å². The molecule has 0 aromatic heterocycles. The van der Waals surface area contributed by atoms with Gasteiger partial charge in [0.2, 0.25) is 5.54 Å². The molecular weight excluding hydrogens is 378 g/mol. The Morgan fingerprint density at radius 3 is 2.62 bits per heavy atom. The van der Waals surface area contributed by atoms with Gasteiger partial charge in [0.1, 0.15) is 5.75 Å². The molecule has 0 unspecified atom stereocenters. The monoisotopic (exact) mass is 403 g/mol. The van der Waals surface area contributed by atoms with E-state index in [1.54, 1.807) is 44.2 Å². The summed E-state index contributed by atoms with van der Waals surface area (Å²) in [6.45, 7) is 3.73. The smallest absolute Gasteiger partial charge is 0.334 e. The summed E-state index contributed by atoms with van der Waals surface area (Å²) in [5.41, 5.74) is -0.721. The molecule has 0 radical (unpaired) electrons. The van der Waals surface area contributed by atoms with Crippen LogP contribution in [0.2, 0.25) is 0 Å². The fourth-order valence-corrected chi connectivity index (χ4v) is 3.54. The van der Waals surface area contributed by atoms with Crippen molar-refractivity contribution in [3.8, 4) is 5.75 Å². The van der Waals surface area contributed by atoms with Crippen LogP contribution < -0.4 is 4.74 Å². The van der Waals surface area contributed by atoms with Crippen molar-refractivity contribution in [2.75, 3.05) is 20.3 Å². The molecule has 2 atom stereocenters. The third kappa shape index (κ3) is 4.82. The van der Waals surface area contributed by atoms with Crippen LogP contribution in [0.25, 0.3) is 0 Å². The first-order chi connectivity index (χ1) is 13.9. The largest absolute Gasteiger partial charge is 0.497 e. The predicted octanol–water partition coefficient (Wildman–Crippen LogP) is 3.20. The number of benzene rings is 1. The van der Waals surface area contributed by atoms with Crippen molar-refractivity contribution in [2.45, 2.75) is 38.1 Å². The van der Waals surface area contributed by atoms with E-state index in [9.17, 15) is 19.7 Å². The Balaban J connectivity index is 2.48. The number of carbonyl (C=O) groups is 2. The molecule has 0 amide bonds. The summed E-state index contributed by atoms with van der Waals surface area (Å²) in [4.78, 5) is 36.0. The maximum Gasteiger partial charge on any atom is 0.334 e. The van der Waals surface area contributed by atoms with Gasteiger partial charge in [-0.3, -0.25) is 10.1 Å². The summed E-state index contributed by atoms with van der Waals surface area (Å²) >= 11 is 0. The highest BCUT2D eigenvalue weighted by molar-refractivity contribution is 5.91. The van der Waals surface area contributed by atoms with Crippen molar-refractivity contribution < 1.29 is 28.7 Å². The van der Waals surface area contributed by atoms with Gasteiger partial charge >= 0.3 is 11.9 Å². The molecule has 29 heavy (non-hydrogen) atoms. The number of hydrogen-bond donors (Lipinski definition) is 0. The van der Waals surface area contributed by atoms with Gasteiger partial charge in [-0.2, -0.15) is 0 Å². The quantitative estimate of drug-likeness (QED) is 0.270. The molecule has 0 aliphatic heterocycles. The lowest BCUT2D eigenvalue weighted by atomic mass is 9.76. The third-order valence-electron chi connectivity index (χ3n) is 4.84. The Bertz CT molecular complexity index is 830. The van der Waals surface area contributed by atoms with E-state index in [1.807, 2.05) is 0 Å². The number of ether oxygens (including phenoxy) is 3. The summed E-state index contributed by atoms with van der Waals surface area (Å²) in [7, 11) is 1.50. The van der Waals surface area contributed by atoms with Crippen LogP contribution in [0.15, 0.2) is 48.1 Å². The molecule has 8 nitrogen and oxygen atoms in total. The van der Waals surface area contributed by atoms with Crippen LogP contribution in [0.5, 0.6) is 5.75 Å². The van der Waals surface area contributed by atoms with Crippen molar-refractivity contribution in [1.82, 2.24) is 0 Å². The first-order valence-electron chi connectivity index (χ1n) is 9.38. The highest BCUT2D eigenvalue weighted by Crippen LogP contribution is 2.48. The van der Waals surface area contributed by atoms with Crippen LogP contribution in [0.4, 0.5) is 0 Å². The lowest BCUT2D eigenvalue weighted by molar-refractivity contribution is -0.570. The molecule has 1 aromatic rings. The maximum absolute atomic E-state index is 12.5. The van der Waals surface area contributed by atoms with E-state index in [0.29, 0.717) is 11.3 Å². The average Bonchev–Trinajstić information content (AvgIpc) is 3.09. The summed E-state index contributed by atoms with van der Waals surface area (Å²) < 4.78 is 15.2. The summed E-state index contributed by atoms with van der Waals surface area (Å²) in [5, 5.41) is 12.2. The van der Waals surface area contributed by atoms with Gasteiger partial charge in [-0.15, -0.1) is 0 Å². The molecule has 156 valence electrons. The van der Waals surface area contributed by atoms with E-state index in [0.717, 1.165) is 0 Å². The van der Waals surface area contributed by atoms with E-state index >= 15 is 0 Å². The average molecular weight is 403 g/mol. The van der Waals surface area contributed by atoms with E-state index in [2.05, 4.69) is 0 Å². The number of rotatable bonds is 9. The zero-order chi connectivity index (χ0) is 21.4. The minimum Gasteiger partial charge on any atom is -0.497 e.